The quantitative estimate of drug-likeness (QED) is 0.441. The van der Waals surface area contributed by atoms with Gasteiger partial charge in [-0.1, -0.05) is 36.8 Å². The highest BCUT2D eigenvalue weighted by Gasteiger charge is 2.55. The van der Waals surface area contributed by atoms with E-state index < -0.39 is 17.6 Å². The molecule has 3 aromatic rings. The molecule has 2 aliphatic heterocycles. The summed E-state index contributed by atoms with van der Waals surface area (Å²) in [5.74, 6) is -0.143. The number of likely N-dealkylation sites (tertiary alicyclic amines) is 1. The van der Waals surface area contributed by atoms with Gasteiger partial charge in [-0.05, 0) is 43.5 Å². The average molecular weight is 433 g/mol. The minimum absolute atomic E-state index is 0.219. The number of imidazole rings is 1. The number of nitrogens with zero attached hydrogens (tertiary/aromatic N) is 2. The number of nitrogens with one attached hydrogen (secondary N) is 1. The molecular weight excluding hydrogens is 404 g/mol. The van der Waals surface area contributed by atoms with Crippen molar-refractivity contribution in [3.8, 4) is 5.75 Å². The van der Waals surface area contributed by atoms with Crippen molar-refractivity contribution in [3.05, 3.63) is 59.9 Å². The molecule has 7 nitrogen and oxygen atoms in total. The Labute approximate surface area is 187 Å². The third-order valence-electron chi connectivity index (χ3n) is 6.79. The number of primary amides is 1. The van der Waals surface area contributed by atoms with Crippen LogP contribution >= 0.6 is 0 Å². The second-order valence-corrected chi connectivity index (χ2v) is 9.01. The molecule has 0 saturated carbocycles. The lowest BCUT2D eigenvalue weighted by molar-refractivity contribution is -0.175. The molecule has 7 heteroatoms. The smallest absolute Gasteiger partial charge is 0.238 e. The van der Waals surface area contributed by atoms with Crippen LogP contribution in [0.2, 0.25) is 0 Å². The minimum Gasteiger partial charge on any atom is -0.468 e. The van der Waals surface area contributed by atoms with Crippen LogP contribution in [0.25, 0.3) is 11.0 Å². The van der Waals surface area contributed by atoms with Crippen molar-refractivity contribution in [2.24, 2.45) is 11.7 Å². The van der Waals surface area contributed by atoms with E-state index in [1.165, 1.54) is 0 Å². The number of hydrogen-bond donors (Lipinski definition) is 2. The van der Waals surface area contributed by atoms with Crippen LogP contribution in [0, 0.1) is 5.92 Å². The zero-order valence-corrected chi connectivity index (χ0v) is 18.2. The molecule has 0 aliphatic carbocycles. The molecule has 2 amide bonds. The van der Waals surface area contributed by atoms with Gasteiger partial charge in [0.05, 0.1) is 11.0 Å². The van der Waals surface area contributed by atoms with Crippen molar-refractivity contribution >= 4 is 22.8 Å². The number of nitrogens with two attached hydrogens (primary N) is 1. The van der Waals surface area contributed by atoms with Gasteiger partial charge in [0, 0.05) is 25.3 Å². The zero-order chi connectivity index (χ0) is 22.3. The number of rotatable bonds is 7. The van der Waals surface area contributed by atoms with Crippen molar-refractivity contribution in [2.45, 2.75) is 50.7 Å². The number of piperidine rings is 1. The number of ether oxygens (including phenoxy) is 1. The first-order valence-corrected chi connectivity index (χ1v) is 11.3. The number of benzene rings is 2. The van der Waals surface area contributed by atoms with Gasteiger partial charge >= 0.3 is 0 Å². The van der Waals surface area contributed by atoms with Gasteiger partial charge in [0.2, 0.25) is 11.8 Å². The van der Waals surface area contributed by atoms with E-state index in [0.29, 0.717) is 13.0 Å². The predicted octanol–water partition coefficient (Wildman–Crippen LogP) is 3.50. The number of fused-ring (bicyclic) bond motifs is 5. The van der Waals surface area contributed by atoms with Gasteiger partial charge in [-0.2, -0.15) is 0 Å². The second-order valence-electron chi connectivity index (χ2n) is 9.01. The molecule has 3 heterocycles. The fourth-order valence-corrected chi connectivity index (χ4v) is 5.24. The first-order valence-electron chi connectivity index (χ1n) is 11.3. The van der Waals surface area contributed by atoms with E-state index in [9.17, 15) is 9.59 Å². The van der Waals surface area contributed by atoms with Gasteiger partial charge in [-0.3, -0.25) is 9.59 Å². The van der Waals surface area contributed by atoms with E-state index in [1.54, 1.807) is 4.90 Å². The molecule has 0 unspecified atom stereocenters. The predicted molar refractivity (Wildman–Crippen MR) is 121 cm³/mol. The molecule has 166 valence electrons. The van der Waals surface area contributed by atoms with Crippen molar-refractivity contribution in [1.82, 2.24) is 14.9 Å². The molecule has 32 heavy (non-hydrogen) atoms. The summed E-state index contributed by atoms with van der Waals surface area (Å²) in [5.41, 5.74) is 7.86. The van der Waals surface area contributed by atoms with Crippen molar-refractivity contribution in [3.63, 3.8) is 0 Å². The Kier molecular flexibility index (Phi) is 5.12. The van der Waals surface area contributed by atoms with Gasteiger partial charge in [-0.25, -0.2) is 4.98 Å². The Hall–Kier alpha value is -3.35. The number of carbonyl (C=O) groups excluding carboxylic acids is 2. The topological polar surface area (TPSA) is 101 Å². The molecule has 5 rings (SSSR count). The monoisotopic (exact) mass is 432 g/mol. The number of amides is 2. The minimum atomic E-state index is -0.844. The van der Waals surface area contributed by atoms with E-state index in [1.807, 2.05) is 55.5 Å². The molecule has 2 aliphatic rings. The van der Waals surface area contributed by atoms with Gasteiger partial charge in [0.25, 0.3) is 0 Å². The number of unbranched alkanes of at least 4 members (excludes halogenated alkanes) is 2. The standard InChI is InChI=1S/C25H28N4O3/c1-25-15-17(16-9-4-7-12-20(16)32-25)22(23(26)30)24(31)29(25)14-8-2-3-13-21-27-18-10-5-6-11-19(18)28-21/h4-7,9-12,17,22H,2-3,8,13-15H2,1H3,(H2,26,30)(H,27,28)/t17-,22+,25-/m0/s1. The zero-order valence-electron chi connectivity index (χ0n) is 18.2. The fourth-order valence-electron chi connectivity index (χ4n) is 5.24. The number of para-hydroxylation sites is 3. The number of H-pyrrole nitrogens is 1. The lowest BCUT2D eigenvalue weighted by Crippen LogP contribution is -2.64. The highest BCUT2D eigenvalue weighted by Crippen LogP contribution is 2.50. The molecule has 1 aromatic heterocycles. The fraction of sp³-hybridized carbons (Fsp3) is 0.400. The summed E-state index contributed by atoms with van der Waals surface area (Å²) in [6, 6.07) is 15.7. The first kappa shape index (κ1) is 20.5. The normalized spacial score (nSPS) is 24.3. The molecule has 0 spiro atoms. The lowest BCUT2D eigenvalue weighted by atomic mass is 9.73. The Bertz CT molecular complexity index is 1140. The van der Waals surface area contributed by atoms with Crippen LogP contribution in [0.4, 0.5) is 0 Å². The third-order valence-corrected chi connectivity index (χ3v) is 6.79. The molecular formula is C25H28N4O3. The van der Waals surface area contributed by atoms with E-state index in [-0.39, 0.29) is 11.8 Å². The van der Waals surface area contributed by atoms with E-state index in [0.717, 1.165) is 53.9 Å². The van der Waals surface area contributed by atoms with Crippen LogP contribution in [0.1, 0.15) is 49.9 Å². The Morgan fingerprint density at radius 2 is 1.97 bits per heavy atom. The maximum absolute atomic E-state index is 13.3. The van der Waals surface area contributed by atoms with Crippen molar-refractivity contribution in [1.29, 1.82) is 0 Å². The Balaban J connectivity index is 1.25. The summed E-state index contributed by atoms with van der Waals surface area (Å²) >= 11 is 0. The van der Waals surface area contributed by atoms with Crippen LogP contribution in [0.15, 0.2) is 48.5 Å². The van der Waals surface area contributed by atoms with Crippen LogP contribution in [-0.4, -0.2) is 39.0 Å². The molecule has 1 fully saturated rings. The summed E-state index contributed by atoms with van der Waals surface area (Å²) in [7, 11) is 0. The molecule has 0 radical (unpaired) electrons. The van der Waals surface area contributed by atoms with Crippen LogP contribution in [0.5, 0.6) is 5.75 Å². The highest BCUT2D eigenvalue weighted by atomic mass is 16.5. The SMILES string of the molecule is C[C@@]12C[C@@H](c3ccccc3O1)[C@H](C(N)=O)C(=O)N2CCCCCc1nc2ccccc2[nH]1. The Morgan fingerprint density at radius 1 is 1.19 bits per heavy atom. The third kappa shape index (κ3) is 3.51. The van der Waals surface area contributed by atoms with Crippen molar-refractivity contribution in [2.75, 3.05) is 6.54 Å². The maximum Gasteiger partial charge on any atom is 0.238 e. The average Bonchev–Trinajstić information content (AvgIpc) is 3.18. The van der Waals surface area contributed by atoms with Crippen LogP contribution in [-0.2, 0) is 16.0 Å². The number of aromatic nitrogens is 2. The highest BCUT2D eigenvalue weighted by molar-refractivity contribution is 6.01. The van der Waals surface area contributed by atoms with E-state index in [4.69, 9.17) is 10.5 Å². The molecule has 3 atom stereocenters. The summed E-state index contributed by atoms with van der Waals surface area (Å²) in [4.78, 5) is 35.3. The number of hydrogen-bond acceptors (Lipinski definition) is 4. The number of aryl methyl sites for hydroxylation is 1. The van der Waals surface area contributed by atoms with Crippen molar-refractivity contribution < 1.29 is 14.3 Å². The van der Waals surface area contributed by atoms with Gasteiger partial charge in [0.1, 0.15) is 17.5 Å². The molecule has 3 N–H and O–H groups in total. The number of aromatic amines is 1. The van der Waals surface area contributed by atoms with Crippen LogP contribution in [0.3, 0.4) is 0 Å². The maximum atomic E-state index is 13.3. The van der Waals surface area contributed by atoms with E-state index in [2.05, 4.69) is 9.97 Å². The summed E-state index contributed by atoms with van der Waals surface area (Å²) < 4.78 is 6.30. The first-order chi connectivity index (χ1) is 15.5. The second kappa shape index (κ2) is 7.97. The summed E-state index contributed by atoms with van der Waals surface area (Å²) in [6.45, 7) is 2.48. The van der Waals surface area contributed by atoms with E-state index >= 15 is 0 Å². The molecule has 2 aromatic carbocycles. The van der Waals surface area contributed by atoms with Crippen LogP contribution < -0.4 is 10.5 Å². The lowest BCUT2D eigenvalue weighted by Gasteiger charge is -2.52. The summed E-state index contributed by atoms with van der Waals surface area (Å²) in [5, 5.41) is 0. The van der Waals surface area contributed by atoms with Gasteiger partial charge in [-0.15, -0.1) is 0 Å². The van der Waals surface area contributed by atoms with Gasteiger partial charge in [0.15, 0.2) is 5.72 Å². The Morgan fingerprint density at radius 3 is 2.78 bits per heavy atom. The largest absolute Gasteiger partial charge is 0.468 e. The molecule has 1 saturated heterocycles. The molecule has 2 bridgehead atoms. The summed E-state index contributed by atoms with van der Waals surface area (Å²) in [6.07, 6.45) is 4.16. The van der Waals surface area contributed by atoms with Gasteiger partial charge < -0.3 is 20.4 Å². The number of carbonyl (C=O) groups is 2.